The van der Waals surface area contributed by atoms with Gasteiger partial charge in [-0.25, -0.2) is 0 Å². The molecule has 0 unspecified atom stereocenters. The van der Waals surface area contributed by atoms with E-state index >= 15 is 0 Å². The minimum absolute atomic E-state index is 0.614. The van der Waals surface area contributed by atoms with E-state index in [9.17, 15) is 0 Å². The number of anilines is 1. The summed E-state index contributed by atoms with van der Waals surface area (Å²) in [5, 5.41) is 3.26. The van der Waals surface area contributed by atoms with Crippen molar-refractivity contribution in [3.05, 3.63) is 84.4 Å². The number of fused-ring (bicyclic) bond motifs is 1. The Balaban J connectivity index is 1.61. The lowest BCUT2D eigenvalue weighted by Gasteiger charge is -2.08. The summed E-state index contributed by atoms with van der Waals surface area (Å²) in [5.41, 5.74) is 3.85. The molecule has 122 valence electrons. The van der Waals surface area contributed by atoms with Crippen LogP contribution in [0, 0.1) is 0 Å². The second kappa shape index (κ2) is 6.87. The van der Waals surface area contributed by atoms with Crippen molar-refractivity contribution in [2.45, 2.75) is 6.42 Å². The first-order valence-electron chi connectivity index (χ1n) is 8.08. The average molecular weight is 344 g/mol. The van der Waals surface area contributed by atoms with Crippen molar-refractivity contribution in [3.63, 3.8) is 0 Å². The lowest BCUT2D eigenvalue weighted by Crippen LogP contribution is -2.12. The van der Waals surface area contributed by atoms with Crippen molar-refractivity contribution >= 4 is 34.3 Å². The highest BCUT2D eigenvalue weighted by atomic mass is 32.1. The Hall–Kier alpha value is -2.98. The topological polar surface area (TPSA) is 33.6 Å². The monoisotopic (exact) mass is 344 g/mol. The van der Waals surface area contributed by atoms with E-state index in [0.29, 0.717) is 6.42 Å². The first-order chi connectivity index (χ1) is 12.3. The highest BCUT2D eigenvalue weighted by molar-refractivity contribution is 7.80. The summed E-state index contributed by atoms with van der Waals surface area (Å²) in [6.07, 6.45) is 0.614. The van der Waals surface area contributed by atoms with Gasteiger partial charge in [0, 0.05) is 6.42 Å². The van der Waals surface area contributed by atoms with E-state index < -0.39 is 0 Å². The summed E-state index contributed by atoms with van der Waals surface area (Å²) in [4.78, 5) is 5.57. The summed E-state index contributed by atoms with van der Waals surface area (Å²) in [7, 11) is 0. The fourth-order valence-corrected chi connectivity index (χ4v) is 2.96. The van der Waals surface area contributed by atoms with E-state index in [0.717, 1.165) is 39.1 Å². The molecular formula is C21H16N2OS. The zero-order valence-electron chi connectivity index (χ0n) is 13.5. The second-order valence-corrected chi connectivity index (χ2v) is 6.23. The molecule has 4 heteroatoms. The Morgan fingerprint density at radius 2 is 1.48 bits per heavy atom. The molecule has 3 aromatic carbocycles. The Morgan fingerprint density at radius 1 is 0.800 bits per heavy atom. The normalized spacial score (nSPS) is 13.3. The van der Waals surface area contributed by atoms with Crippen molar-refractivity contribution in [1.82, 2.24) is 0 Å². The van der Waals surface area contributed by atoms with Crippen LogP contribution in [0.25, 0.3) is 0 Å². The second-order valence-electron chi connectivity index (χ2n) is 5.74. The maximum Gasteiger partial charge on any atom is 0.127 e. The van der Waals surface area contributed by atoms with Crippen LogP contribution in [0.3, 0.4) is 0 Å². The van der Waals surface area contributed by atoms with Crippen LogP contribution in [-0.4, -0.2) is 10.7 Å². The smallest absolute Gasteiger partial charge is 0.127 e. The maximum absolute atomic E-state index is 5.84. The van der Waals surface area contributed by atoms with Crippen molar-refractivity contribution in [1.29, 1.82) is 0 Å². The van der Waals surface area contributed by atoms with Crippen molar-refractivity contribution in [2.75, 3.05) is 5.32 Å². The number of hydrogen-bond acceptors (Lipinski definition) is 3. The van der Waals surface area contributed by atoms with Gasteiger partial charge in [0.2, 0.25) is 0 Å². The summed E-state index contributed by atoms with van der Waals surface area (Å²) in [6.45, 7) is 0. The van der Waals surface area contributed by atoms with E-state index in [1.54, 1.807) is 0 Å². The number of aliphatic imine (C=N–C) groups is 1. The van der Waals surface area contributed by atoms with E-state index in [-0.39, 0.29) is 0 Å². The Labute approximate surface area is 152 Å². The molecule has 1 aliphatic heterocycles. The fourth-order valence-electron chi connectivity index (χ4n) is 2.71. The molecule has 1 N–H and O–H groups in total. The Kier molecular flexibility index (Phi) is 4.27. The van der Waals surface area contributed by atoms with E-state index in [1.807, 2.05) is 78.9 Å². The lowest BCUT2D eigenvalue weighted by atomic mass is 10.1. The molecule has 3 nitrogen and oxygen atoms in total. The summed E-state index contributed by atoms with van der Waals surface area (Å²) in [6, 6.07) is 25.6. The first kappa shape index (κ1) is 15.5. The predicted molar refractivity (Wildman–Crippen MR) is 106 cm³/mol. The molecule has 4 rings (SSSR count). The van der Waals surface area contributed by atoms with Gasteiger partial charge in [-0.05, 0) is 54.1 Å². The number of nitrogens with one attached hydrogen (secondary N) is 1. The van der Waals surface area contributed by atoms with Gasteiger partial charge in [0.25, 0.3) is 0 Å². The Bertz CT molecular complexity index is 934. The van der Waals surface area contributed by atoms with Crippen LogP contribution in [0.4, 0.5) is 11.4 Å². The molecule has 0 fully saturated rings. The molecular weight excluding hydrogens is 328 g/mol. The third-order valence-corrected chi connectivity index (χ3v) is 4.17. The number of hydrogen-bond donors (Lipinski definition) is 1. The van der Waals surface area contributed by atoms with Gasteiger partial charge in [-0.2, -0.15) is 0 Å². The summed E-state index contributed by atoms with van der Waals surface area (Å²) >= 11 is 5.44. The molecule has 1 aliphatic rings. The summed E-state index contributed by atoms with van der Waals surface area (Å²) in [5.74, 6) is 1.62. The van der Waals surface area contributed by atoms with Gasteiger partial charge < -0.3 is 10.1 Å². The van der Waals surface area contributed by atoms with Crippen LogP contribution in [0.2, 0.25) is 0 Å². The van der Waals surface area contributed by atoms with Crippen molar-refractivity contribution < 1.29 is 4.74 Å². The number of thiocarbonyl (C=S) groups is 1. The third-order valence-electron chi connectivity index (χ3n) is 3.93. The molecule has 25 heavy (non-hydrogen) atoms. The quantitative estimate of drug-likeness (QED) is 0.615. The minimum atomic E-state index is 0.614. The molecule has 0 saturated heterocycles. The van der Waals surface area contributed by atoms with Crippen LogP contribution >= 0.6 is 12.2 Å². The molecule has 0 atom stereocenters. The first-order valence-corrected chi connectivity index (χ1v) is 8.48. The van der Waals surface area contributed by atoms with E-state index in [1.165, 1.54) is 0 Å². The number of rotatable bonds is 3. The van der Waals surface area contributed by atoms with Gasteiger partial charge in [0.05, 0.1) is 22.1 Å². The summed E-state index contributed by atoms with van der Waals surface area (Å²) < 4.78 is 5.84. The van der Waals surface area contributed by atoms with E-state index in [4.69, 9.17) is 21.9 Å². The number of ether oxygens (including phenoxy) is 1. The third kappa shape index (κ3) is 3.59. The largest absolute Gasteiger partial charge is 0.457 e. The minimum Gasteiger partial charge on any atom is -0.457 e. The number of benzene rings is 3. The predicted octanol–water partition coefficient (Wildman–Crippen LogP) is 5.74. The molecule has 3 aromatic rings. The number of nitrogens with zero attached hydrogens (tertiary/aromatic N) is 1. The van der Waals surface area contributed by atoms with Crippen LogP contribution in [0.5, 0.6) is 11.5 Å². The van der Waals surface area contributed by atoms with Crippen LogP contribution < -0.4 is 10.1 Å². The molecule has 0 saturated carbocycles. The standard InChI is InChI=1S/C21H16N2OS/c25-21-14-20(22-18-8-4-5-9-19(18)23-21)15-10-12-17(13-11-15)24-16-6-2-1-3-7-16/h1-13H,14H2,(H,23,25). The van der Waals surface area contributed by atoms with Gasteiger partial charge in [0.15, 0.2) is 0 Å². The fraction of sp³-hybridized carbons (Fsp3) is 0.0476. The van der Waals surface area contributed by atoms with E-state index in [2.05, 4.69) is 5.32 Å². The highest BCUT2D eigenvalue weighted by Gasteiger charge is 2.14. The van der Waals surface area contributed by atoms with Crippen LogP contribution in [0.15, 0.2) is 83.9 Å². The van der Waals surface area contributed by atoms with Crippen LogP contribution in [-0.2, 0) is 0 Å². The van der Waals surface area contributed by atoms with Gasteiger partial charge in [-0.15, -0.1) is 0 Å². The maximum atomic E-state index is 5.84. The molecule has 0 bridgehead atoms. The van der Waals surface area contributed by atoms with Crippen molar-refractivity contribution in [2.24, 2.45) is 4.99 Å². The zero-order chi connectivity index (χ0) is 17.1. The molecule has 0 aliphatic carbocycles. The Morgan fingerprint density at radius 3 is 2.28 bits per heavy atom. The molecule has 0 radical (unpaired) electrons. The zero-order valence-corrected chi connectivity index (χ0v) is 14.3. The lowest BCUT2D eigenvalue weighted by molar-refractivity contribution is 0.482. The number of para-hydroxylation sites is 3. The van der Waals surface area contributed by atoms with Crippen molar-refractivity contribution in [3.8, 4) is 11.5 Å². The molecule has 0 aromatic heterocycles. The van der Waals surface area contributed by atoms with Gasteiger partial charge in [-0.1, -0.05) is 42.5 Å². The molecule has 0 amide bonds. The highest BCUT2D eigenvalue weighted by Crippen LogP contribution is 2.29. The SMILES string of the molecule is S=C1CC(c2ccc(Oc3ccccc3)cc2)=Nc2ccccc2N1. The molecule has 0 spiro atoms. The van der Waals surface area contributed by atoms with Gasteiger partial charge in [-0.3, -0.25) is 4.99 Å². The average Bonchev–Trinajstić information content (AvgIpc) is 2.81. The molecule has 1 heterocycles. The van der Waals surface area contributed by atoms with Crippen LogP contribution in [0.1, 0.15) is 12.0 Å². The van der Waals surface area contributed by atoms with Gasteiger partial charge in [0.1, 0.15) is 11.5 Å². The van der Waals surface area contributed by atoms with Gasteiger partial charge >= 0.3 is 0 Å².